The molecule has 39 heavy (non-hydrogen) atoms. The highest BCUT2D eigenvalue weighted by Gasteiger charge is 2.16. The van der Waals surface area contributed by atoms with Gasteiger partial charge in [-0.2, -0.15) is 0 Å². The maximum absolute atomic E-state index is 6.03. The lowest BCUT2D eigenvalue weighted by atomic mass is 10.0. The van der Waals surface area contributed by atoms with Crippen molar-refractivity contribution in [2.45, 2.75) is 0 Å². The highest BCUT2D eigenvalue weighted by atomic mass is 32.1. The lowest BCUT2D eigenvalue weighted by Crippen LogP contribution is -1.93. The number of pyridine rings is 2. The molecule has 4 aromatic carbocycles. The Hall–Kier alpha value is -5.00. The molecule has 5 aromatic heterocycles. The normalized spacial score (nSPS) is 12.1. The zero-order valence-corrected chi connectivity index (χ0v) is 21.4. The standard InChI is InChI=1S/C34H19N3OS/c1-2-8-31-23(5-1)24-17-21(10-14-32(24)39-31)20-9-12-27-25(18-20)33-28(6-3-15-35-33)37(27)22-11-13-29-26(19-22)34-30(38-29)7-4-16-36-34/h1-19H. The Morgan fingerprint density at radius 3 is 2.28 bits per heavy atom. The van der Waals surface area contributed by atoms with Crippen LogP contribution in [0.2, 0.25) is 0 Å². The van der Waals surface area contributed by atoms with E-state index in [0.717, 1.165) is 49.7 Å². The first kappa shape index (κ1) is 21.0. The molecule has 9 aromatic rings. The molecule has 5 heteroatoms. The Morgan fingerprint density at radius 1 is 0.538 bits per heavy atom. The Balaban J connectivity index is 1.28. The van der Waals surface area contributed by atoms with Gasteiger partial charge in [0.25, 0.3) is 0 Å². The number of rotatable bonds is 2. The second kappa shape index (κ2) is 7.76. The van der Waals surface area contributed by atoms with E-state index in [0.29, 0.717) is 0 Å². The largest absolute Gasteiger partial charge is 0.454 e. The monoisotopic (exact) mass is 517 g/mol. The molecule has 4 nitrogen and oxygen atoms in total. The minimum atomic E-state index is 0.800. The summed E-state index contributed by atoms with van der Waals surface area (Å²) >= 11 is 1.85. The van der Waals surface area contributed by atoms with Crippen LogP contribution in [-0.4, -0.2) is 14.5 Å². The SMILES string of the molecule is c1cnc2c(c1)oc1ccc(-n3c4ccc(-c5ccc6sc7ccccc7c6c5)cc4c4ncccc43)cc12. The van der Waals surface area contributed by atoms with Crippen LogP contribution >= 0.6 is 11.3 Å². The van der Waals surface area contributed by atoms with Crippen LogP contribution in [0.3, 0.4) is 0 Å². The molecule has 0 saturated carbocycles. The van der Waals surface area contributed by atoms with E-state index in [-0.39, 0.29) is 0 Å². The second-order valence-corrected chi connectivity index (χ2v) is 11.0. The smallest absolute Gasteiger partial charge is 0.153 e. The third-order valence-corrected chi connectivity index (χ3v) is 8.85. The first-order valence-electron chi connectivity index (χ1n) is 12.9. The van der Waals surface area contributed by atoms with Crippen LogP contribution in [0.25, 0.3) is 81.0 Å². The van der Waals surface area contributed by atoms with Crippen molar-refractivity contribution >= 4 is 75.5 Å². The highest BCUT2D eigenvalue weighted by Crippen LogP contribution is 2.39. The van der Waals surface area contributed by atoms with Gasteiger partial charge in [-0.15, -0.1) is 11.3 Å². The van der Waals surface area contributed by atoms with Gasteiger partial charge in [-0.25, -0.2) is 0 Å². The molecule has 0 fully saturated rings. The van der Waals surface area contributed by atoms with E-state index in [1.54, 1.807) is 0 Å². The van der Waals surface area contributed by atoms with Crippen LogP contribution in [-0.2, 0) is 0 Å². The molecule has 0 aliphatic rings. The summed E-state index contributed by atoms with van der Waals surface area (Å²) in [6.45, 7) is 0. The van der Waals surface area contributed by atoms with Gasteiger partial charge in [0.2, 0.25) is 0 Å². The minimum Gasteiger partial charge on any atom is -0.454 e. The third kappa shape index (κ3) is 2.99. The molecule has 5 heterocycles. The van der Waals surface area contributed by atoms with Gasteiger partial charge in [-0.05, 0) is 83.9 Å². The van der Waals surface area contributed by atoms with Crippen LogP contribution in [0.5, 0.6) is 0 Å². The molecule has 0 aliphatic carbocycles. The van der Waals surface area contributed by atoms with Crippen LogP contribution < -0.4 is 0 Å². The first-order valence-corrected chi connectivity index (χ1v) is 13.7. The summed E-state index contributed by atoms with van der Waals surface area (Å²) in [5, 5.41) is 4.77. The number of aromatic nitrogens is 3. The molecule has 0 unspecified atom stereocenters. The van der Waals surface area contributed by atoms with Gasteiger partial charge in [-0.1, -0.05) is 30.3 Å². The molecule has 0 spiro atoms. The van der Waals surface area contributed by atoms with E-state index in [1.807, 2.05) is 48.0 Å². The average Bonchev–Trinajstić information content (AvgIpc) is 3.65. The summed E-state index contributed by atoms with van der Waals surface area (Å²) in [6.07, 6.45) is 3.69. The van der Waals surface area contributed by atoms with Gasteiger partial charge in [0.1, 0.15) is 11.1 Å². The molecular weight excluding hydrogens is 498 g/mol. The van der Waals surface area contributed by atoms with E-state index in [4.69, 9.17) is 9.40 Å². The van der Waals surface area contributed by atoms with Crippen molar-refractivity contribution in [3.63, 3.8) is 0 Å². The second-order valence-electron chi connectivity index (χ2n) is 9.88. The van der Waals surface area contributed by atoms with Crippen LogP contribution in [0.4, 0.5) is 0 Å². The van der Waals surface area contributed by atoms with E-state index < -0.39 is 0 Å². The summed E-state index contributed by atoms with van der Waals surface area (Å²) in [5.74, 6) is 0. The third-order valence-electron chi connectivity index (χ3n) is 7.70. The van der Waals surface area contributed by atoms with Crippen molar-refractivity contribution in [3.05, 3.63) is 116 Å². The lowest BCUT2D eigenvalue weighted by molar-refractivity contribution is 0.668. The molecule has 0 bridgehead atoms. The molecular formula is C34H19N3OS. The fraction of sp³-hybridized carbons (Fsp3) is 0. The van der Waals surface area contributed by atoms with Gasteiger partial charge in [-0.3, -0.25) is 9.97 Å². The number of benzene rings is 4. The summed E-state index contributed by atoms with van der Waals surface area (Å²) in [5.41, 5.74) is 9.16. The van der Waals surface area contributed by atoms with E-state index >= 15 is 0 Å². The van der Waals surface area contributed by atoms with E-state index in [1.165, 1.54) is 31.3 Å². The van der Waals surface area contributed by atoms with Crippen LogP contribution in [0.15, 0.2) is 120 Å². The Labute approximate surface area is 226 Å². The summed E-state index contributed by atoms with van der Waals surface area (Å²) in [6, 6.07) is 36.5. The Bertz CT molecular complexity index is 2410. The maximum Gasteiger partial charge on any atom is 0.153 e. The molecule has 0 saturated heterocycles. The summed E-state index contributed by atoms with van der Waals surface area (Å²) in [4.78, 5) is 9.41. The molecule has 0 radical (unpaired) electrons. The van der Waals surface area contributed by atoms with Gasteiger partial charge in [0.15, 0.2) is 5.58 Å². The van der Waals surface area contributed by atoms with E-state index in [9.17, 15) is 0 Å². The Kier molecular flexibility index (Phi) is 4.18. The number of hydrogen-bond donors (Lipinski definition) is 0. The predicted molar refractivity (Wildman–Crippen MR) is 162 cm³/mol. The van der Waals surface area contributed by atoms with E-state index in [2.05, 4.69) is 88.4 Å². The van der Waals surface area contributed by atoms with Crippen LogP contribution in [0.1, 0.15) is 0 Å². The summed E-state index contributed by atoms with van der Waals surface area (Å²) < 4.78 is 11.0. The molecule has 0 amide bonds. The van der Waals surface area contributed by atoms with Crippen molar-refractivity contribution in [2.24, 2.45) is 0 Å². The van der Waals surface area contributed by atoms with Crippen molar-refractivity contribution in [1.82, 2.24) is 14.5 Å². The fourth-order valence-electron chi connectivity index (χ4n) is 5.92. The molecule has 182 valence electrons. The van der Waals surface area contributed by atoms with Crippen LogP contribution in [0, 0.1) is 0 Å². The topological polar surface area (TPSA) is 43.9 Å². The fourth-order valence-corrected chi connectivity index (χ4v) is 7.01. The average molecular weight is 518 g/mol. The first-order chi connectivity index (χ1) is 19.3. The summed E-state index contributed by atoms with van der Waals surface area (Å²) in [7, 11) is 0. The number of thiophene rings is 1. The van der Waals surface area contributed by atoms with Crippen molar-refractivity contribution in [2.75, 3.05) is 0 Å². The zero-order chi connectivity index (χ0) is 25.5. The Morgan fingerprint density at radius 2 is 1.33 bits per heavy atom. The van der Waals surface area contributed by atoms with Gasteiger partial charge in [0, 0.05) is 49.0 Å². The number of furan rings is 1. The predicted octanol–water partition coefficient (Wildman–Crippen LogP) is 9.51. The number of hydrogen-bond acceptors (Lipinski definition) is 4. The number of nitrogens with zero attached hydrogens (tertiary/aromatic N) is 3. The molecule has 0 N–H and O–H groups in total. The van der Waals surface area contributed by atoms with Gasteiger partial charge >= 0.3 is 0 Å². The number of fused-ring (bicyclic) bond motifs is 9. The molecule has 0 atom stereocenters. The lowest BCUT2D eigenvalue weighted by Gasteiger charge is -2.08. The van der Waals surface area contributed by atoms with Gasteiger partial charge in [0.05, 0.1) is 16.6 Å². The van der Waals surface area contributed by atoms with Crippen molar-refractivity contribution in [3.8, 4) is 16.8 Å². The highest BCUT2D eigenvalue weighted by molar-refractivity contribution is 7.25. The van der Waals surface area contributed by atoms with Gasteiger partial charge < -0.3 is 8.98 Å². The minimum absolute atomic E-state index is 0.800. The quantitative estimate of drug-likeness (QED) is 0.229. The zero-order valence-electron chi connectivity index (χ0n) is 20.6. The maximum atomic E-state index is 6.03. The molecule has 9 rings (SSSR count). The molecule has 0 aliphatic heterocycles. The van der Waals surface area contributed by atoms with Crippen molar-refractivity contribution < 1.29 is 4.42 Å². The van der Waals surface area contributed by atoms with Crippen molar-refractivity contribution in [1.29, 1.82) is 0 Å².